The van der Waals surface area contributed by atoms with E-state index in [2.05, 4.69) is 17.4 Å². The molecule has 4 rings (SSSR count). The van der Waals surface area contributed by atoms with E-state index in [4.69, 9.17) is 14.6 Å². The van der Waals surface area contributed by atoms with Crippen LogP contribution in [0.25, 0.3) is 0 Å². The fraction of sp³-hybridized carbons (Fsp3) is 0.650. The van der Waals surface area contributed by atoms with Crippen molar-refractivity contribution >= 4 is 6.16 Å². The summed E-state index contributed by atoms with van der Waals surface area (Å²) >= 11 is 0. The molecule has 0 amide bonds. The summed E-state index contributed by atoms with van der Waals surface area (Å²) in [5, 5.41) is 12.6. The lowest BCUT2D eigenvalue weighted by atomic mass is 9.53. The minimum atomic E-state index is -1.29. The van der Waals surface area contributed by atoms with Gasteiger partial charge in [0.15, 0.2) is 0 Å². The normalized spacial score (nSPS) is 31.4. The maximum Gasteiger partial charge on any atom is 0.508 e. The molecule has 0 aromatic heterocycles. The molecule has 5 heteroatoms. The Bertz CT molecular complexity index is 657. The fourth-order valence-electron chi connectivity index (χ4n) is 5.43. The summed E-state index contributed by atoms with van der Waals surface area (Å²) in [6, 6.07) is 6.91. The van der Waals surface area contributed by atoms with Gasteiger partial charge >= 0.3 is 6.16 Å². The molecule has 2 bridgehead atoms. The predicted molar refractivity (Wildman–Crippen MR) is 94.0 cm³/mol. The summed E-state index contributed by atoms with van der Waals surface area (Å²) in [6.45, 7) is 2.95. The number of carbonyl (C=O) groups is 1. The Morgan fingerprint density at radius 3 is 3.08 bits per heavy atom. The first kappa shape index (κ1) is 16.7. The number of benzene rings is 1. The third-order valence-corrected chi connectivity index (χ3v) is 6.45. The molecule has 0 spiro atoms. The van der Waals surface area contributed by atoms with Crippen molar-refractivity contribution in [2.75, 3.05) is 6.54 Å². The zero-order chi connectivity index (χ0) is 17.4. The molecule has 2 fully saturated rings. The standard InChI is InChI=1S/C20H27NO4/c1-2-18(25-19(22)23)24-14-7-6-13-11-17-15-5-3-4-8-20(15,9-10-21-17)16(13)12-14/h6-7,12,15,17-18,21H,2-5,8-11H2,1H3,(H,22,23)/t15-,17+,18?,20+/m0/s1. The van der Waals surface area contributed by atoms with Gasteiger partial charge in [0, 0.05) is 17.9 Å². The number of nitrogens with one attached hydrogen (secondary N) is 1. The van der Waals surface area contributed by atoms with E-state index < -0.39 is 12.4 Å². The van der Waals surface area contributed by atoms with Gasteiger partial charge < -0.3 is 19.9 Å². The van der Waals surface area contributed by atoms with Crippen LogP contribution < -0.4 is 10.1 Å². The number of piperidine rings is 1. The molecule has 5 nitrogen and oxygen atoms in total. The number of hydrogen-bond donors (Lipinski definition) is 2. The maximum atomic E-state index is 10.8. The Morgan fingerprint density at radius 1 is 1.40 bits per heavy atom. The maximum absolute atomic E-state index is 10.8. The van der Waals surface area contributed by atoms with Crippen LogP contribution in [-0.2, 0) is 16.6 Å². The highest BCUT2D eigenvalue weighted by molar-refractivity contribution is 5.57. The second-order valence-electron chi connectivity index (χ2n) is 7.68. The van der Waals surface area contributed by atoms with Gasteiger partial charge in [-0.3, -0.25) is 0 Å². The van der Waals surface area contributed by atoms with Gasteiger partial charge in [-0.15, -0.1) is 0 Å². The quantitative estimate of drug-likeness (QED) is 0.641. The molecule has 1 unspecified atom stereocenters. The van der Waals surface area contributed by atoms with Gasteiger partial charge in [-0.2, -0.15) is 0 Å². The molecule has 2 N–H and O–H groups in total. The lowest BCUT2D eigenvalue weighted by molar-refractivity contribution is -0.0546. The first-order valence-corrected chi connectivity index (χ1v) is 9.55. The summed E-state index contributed by atoms with van der Waals surface area (Å²) in [4.78, 5) is 10.8. The van der Waals surface area contributed by atoms with E-state index in [9.17, 15) is 4.79 Å². The molecule has 1 aromatic carbocycles. The van der Waals surface area contributed by atoms with Crippen LogP contribution in [0.5, 0.6) is 5.75 Å². The topological polar surface area (TPSA) is 67.8 Å². The van der Waals surface area contributed by atoms with Gasteiger partial charge in [-0.1, -0.05) is 25.8 Å². The van der Waals surface area contributed by atoms with Gasteiger partial charge in [0.25, 0.3) is 0 Å². The molecule has 1 aromatic rings. The summed E-state index contributed by atoms with van der Waals surface area (Å²) in [7, 11) is 0. The van der Waals surface area contributed by atoms with Crippen LogP contribution in [0.15, 0.2) is 18.2 Å². The molecular weight excluding hydrogens is 318 g/mol. The molecule has 25 heavy (non-hydrogen) atoms. The average Bonchev–Trinajstić information content (AvgIpc) is 2.61. The van der Waals surface area contributed by atoms with Crippen LogP contribution in [0.1, 0.15) is 56.6 Å². The third-order valence-electron chi connectivity index (χ3n) is 6.45. The Hall–Kier alpha value is -1.75. The Labute approximate surface area is 148 Å². The van der Waals surface area contributed by atoms with Crippen molar-refractivity contribution in [1.82, 2.24) is 5.32 Å². The molecule has 1 heterocycles. The minimum Gasteiger partial charge on any atom is -0.455 e. The zero-order valence-electron chi connectivity index (χ0n) is 14.8. The largest absolute Gasteiger partial charge is 0.508 e. The van der Waals surface area contributed by atoms with E-state index in [1.807, 2.05) is 13.0 Å². The van der Waals surface area contributed by atoms with E-state index >= 15 is 0 Å². The molecule has 1 aliphatic heterocycles. The van der Waals surface area contributed by atoms with Crippen LogP contribution in [0.4, 0.5) is 4.79 Å². The molecule has 0 radical (unpaired) electrons. The summed E-state index contributed by atoms with van der Waals surface area (Å²) in [5.74, 6) is 1.44. The highest BCUT2D eigenvalue weighted by atomic mass is 16.8. The molecular formula is C20H27NO4. The van der Waals surface area contributed by atoms with Crippen molar-refractivity contribution in [2.45, 2.75) is 69.6 Å². The van der Waals surface area contributed by atoms with E-state index in [1.165, 1.54) is 43.2 Å². The summed E-state index contributed by atoms with van der Waals surface area (Å²) < 4.78 is 10.7. The molecule has 1 saturated heterocycles. The van der Waals surface area contributed by atoms with Crippen LogP contribution in [0, 0.1) is 5.92 Å². The Morgan fingerprint density at radius 2 is 2.28 bits per heavy atom. The first-order valence-electron chi connectivity index (χ1n) is 9.55. The Balaban J connectivity index is 1.66. The van der Waals surface area contributed by atoms with Gasteiger partial charge in [-0.25, -0.2) is 4.79 Å². The number of fused-ring (bicyclic) bond motifs is 1. The monoisotopic (exact) mass is 345 g/mol. The Kier molecular flexibility index (Phi) is 4.36. The SMILES string of the molecule is CCC(OC(=O)O)Oc1ccc2c(c1)[C@@]13CCCC[C@H]1[C@@H](C2)NCC3. The second kappa shape index (κ2) is 6.52. The van der Waals surface area contributed by atoms with Crippen molar-refractivity contribution in [3.63, 3.8) is 0 Å². The summed E-state index contributed by atoms with van der Waals surface area (Å²) in [6.07, 6.45) is 5.92. The molecule has 136 valence electrons. The van der Waals surface area contributed by atoms with Gasteiger partial charge in [0.05, 0.1) is 0 Å². The van der Waals surface area contributed by atoms with Gasteiger partial charge in [-0.05, 0) is 61.4 Å². The van der Waals surface area contributed by atoms with Crippen LogP contribution in [0.3, 0.4) is 0 Å². The van der Waals surface area contributed by atoms with E-state index in [0.717, 1.165) is 24.6 Å². The number of rotatable bonds is 4. The zero-order valence-corrected chi connectivity index (χ0v) is 14.8. The van der Waals surface area contributed by atoms with Crippen LogP contribution in [0.2, 0.25) is 0 Å². The van der Waals surface area contributed by atoms with E-state index in [1.54, 1.807) is 0 Å². The highest BCUT2D eigenvalue weighted by Crippen LogP contribution is 2.54. The van der Waals surface area contributed by atoms with Crippen LogP contribution in [-0.4, -0.2) is 30.1 Å². The first-order chi connectivity index (χ1) is 12.1. The molecule has 3 aliphatic rings. The molecule has 2 aliphatic carbocycles. The summed E-state index contributed by atoms with van der Waals surface area (Å²) in [5.41, 5.74) is 3.14. The van der Waals surface area contributed by atoms with Crippen molar-refractivity contribution < 1.29 is 19.4 Å². The van der Waals surface area contributed by atoms with Crippen molar-refractivity contribution in [2.24, 2.45) is 5.92 Å². The lowest BCUT2D eigenvalue weighted by Gasteiger charge is -2.56. The van der Waals surface area contributed by atoms with E-state index in [0.29, 0.717) is 12.5 Å². The van der Waals surface area contributed by atoms with Crippen molar-refractivity contribution in [1.29, 1.82) is 0 Å². The fourth-order valence-corrected chi connectivity index (χ4v) is 5.43. The van der Waals surface area contributed by atoms with Crippen molar-refractivity contribution in [3.8, 4) is 5.75 Å². The number of carboxylic acid groups (broad SMARTS) is 1. The highest BCUT2D eigenvalue weighted by Gasteiger charge is 2.51. The average molecular weight is 345 g/mol. The second-order valence-corrected chi connectivity index (χ2v) is 7.68. The van der Waals surface area contributed by atoms with Crippen LogP contribution >= 0.6 is 0 Å². The van der Waals surface area contributed by atoms with Crippen molar-refractivity contribution in [3.05, 3.63) is 29.3 Å². The minimum absolute atomic E-state index is 0.274. The smallest absolute Gasteiger partial charge is 0.455 e. The molecule has 4 atom stereocenters. The predicted octanol–water partition coefficient (Wildman–Crippen LogP) is 3.84. The van der Waals surface area contributed by atoms with Gasteiger partial charge in [0.1, 0.15) is 5.75 Å². The molecule has 1 saturated carbocycles. The lowest BCUT2D eigenvalue weighted by Crippen LogP contribution is -2.59. The third kappa shape index (κ3) is 2.88. The van der Waals surface area contributed by atoms with E-state index in [-0.39, 0.29) is 5.41 Å². The number of ether oxygens (including phenoxy) is 2. The number of hydrogen-bond acceptors (Lipinski definition) is 4. The van der Waals surface area contributed by atoms with Gasteiger partial charge in [0.2, 0.25) is 6.29 Å².